The molecule has 1 atom stereocenters. The second-order valence-electron chi connectivity index (χ2n) is 4.83. The lowest BCUT2D eigenvalue weighted by Gasteiger charge is -2.19. The Kier molecular flexibility index (Phi) is 4.85. The van der Waals surface area contributed by atoms with E-state index in [9.17, 15) is 8.42 Å². The summed E-state index contributed by atoms with van der Waals surface area (Å²) in [5.74, 6) is 0. The Hall–Kier alpha value is -1.18. The van der Waals surface area contributed by atoms with Gasteiger partial charge in [-0.15, -0.1) is 0 Å². The molecule has 0 fully saturated rings. The molecule has 1 aromatic heterocycles. The Morgan fingerprint density at radius 3 is 2.38 bits per heavy atom. The number of aryl methyl sites for hydroxylation is 1. The Bertz CT molecular complexity index is 704. The highest BCUT2D eigenvalue weighted by molar-refractivity contribution is 9.10. The van der Waals surface area contributed by atoms with Crippen molar-refractivity contribution in [1.29, 1.82) is 0 Å². The number of sulfone groups is 1. The second-order valence-corrected chi connectivity index (χ2v) is 7.70. The van der Waals surface area contributed by atoms with Crippen LogP contribution in [0.4, 0.5) is 0 Å². The molecule has 114 valence electrons. The predicted molar refractivity (Wildman–Crippen MR) is 86.0 cm³/mol. The van der Waals surface area contributed by atoms with E-state index in [4.69, 9.17) is 0 Å². The van der Waals surface area contributed by atoms with Crippen LogP contribution in [0.5, 0.6) is 0 Å². The molecule has 0 aliphatic rings. The van der Waals surface area contributed by atoms with E-state index in [0.29, 0.717) is 4.90 Å². The van der Waals surface area contributed by atoms with Gasteiger partial charge in [0.15, 0.2) is 9.84 Å². The first-order valence-electron chi connectivity index (χ1n) is 6.55. The topological polar surface area (TPSA) is 64.0 Å². The molecular weight excluding hydrogens is 354 g/mol. The molecule has 2 aromatic rings. The Balaban J connectivity index is 2.44. The van der Waals surface area contributed by atoms with Crippen LogP contribution in [0.25, 0.3) is 0 Å². The van der Waals surface area contributed by atoms with Gasteiger partial charge >= 0.3 is 0 Å². The molecule has 0 spiro atoms. The zero-order chi connectivity index (χ0) is 15.6. The van der Waals surface area contributed by atoms with E-state index in [1.165, 1.54) is 6.26 Å². The number of hydrogen-bond acceptors (Lipinski definition) is 4. The molecule has 1 heterocycles. The van der Waals surface area contributed by atoms with Crippen molar-refractivity contribution >= 4 is 25.8 Å². The van der Waals surface area contributed by atoms with E-state index in [0.717, 1.165) is 22.3 Å². The van der Waals surface area contributed by atoms with E-state index < -0.39 is 9.84 Å². The number of hydrogen-bond donors (Lipinski definition) is 1. The van der Waals surface area contributed by atoms with Gasteiger partial charge in [-0.25, -0.2) is 8.42 Å². The van der Waals surface area contributed by atoms with Gasteiger partial charge in [-0.2, -0.15) is 5.10 Å². The molecule has 1 unspecified atom stereocenters. The number of aromatic nitrogens is 2. The number of nitrogens with one attached hydrogen (secondary N) is 1. The Morgan fingerprint density at radius 1 is 1.33 bits per heavy atom. The SMILES string of the molecule is CCNC(c1ccc(S(C)(=O)=O)cc1)c1c(Br)cnn1C. The van der Waals surface area contributed by atoms with E-state index in [1.54, 1.807) is 18.3 Å². The number of halogens is 1. The Morgan fingerprint density at radius 2 is 1.95 bits per heavy atom. The summed E-state index contributed by atoms with van der Waals surface area (Å²) in [6.07, 6.45) is 2.96. The quantitative estimate of drug-likeness (QED) is 0.875. The summed E-state index contributed by atoms with van der Waals surface area (Å²) in [5.41, 5.74) is 2.00. The summed E-state index contributed by atoms with van der Waals surface area (Å²) >= 11 is 3.51. The lowest BCUT2D eigenvalue weighted by molar-refractivity contribution is 0.570. The summed E-state index contributed by atoms with van der Waals surface area (Å²) in [5, 5.41) is 7.64. The van der Waals surface area contributed by atoms with Crippen LogP contribution in [-0.2, 0) is 16.9 Å². The summed E-state index contributed by atoms with van der Waals surface area (Å²) < 4.78 is 25.8. The van der Waals surface area contributed by atoms with Gasteiger partial charge in [0, 0.05) is 13.3 Å². The van der Waals surface area contributed by atoms with Crippen molar-refractivity contribution in [3.8, 4) is 0 Å². The number of rotatable bonds is 5. The normalized spacial score (nSPS) is 13.3. The van der Waals surface area contributed by atoms with Crippen molar-refractivity contribution in [3.05, 3.63) is 46.2 Å². The summed E-state index contributed by atoms with van der Waals surface area (Å²) in [7, 11) is -1.29. The summed E-state index contributed by atoms with van der Waals surface area (Å²) in [4.78, 5) is 0.325. The number of benzene rings is 1. The molecule has 0 radical (unpaired) electrons. The van der Waals surface area contributed by atoms with Crippen molar-refractivity contribution in [3.63, 3.8) is 0 Å². The molecular formula is C14H18BrN3O2S. The molecule has 5 nitrogen and oxygen atoms in total. The van der Waals surface area contributed by atoms with Crippen LogP contribution in [0.3, 0.4) is 0 Å². The van der Waals surface area contributed by atoms with Crippen molar-refractivity contribution in [2.75, 3.05) is 12.8 Å². The van der Waals surface area contributed by atoms with Crippen LogP contribution >= 0.6 is 15.9 Å². The van der Waals surface area contributed by atoms with Crippen LogP contribution in [0, 0.1) is 0 Å². The second kappa shape index (κ2) is 6.29. The third kappa shape index (κ3) is 3.53. The van der Waals surface area contributed by atoms with Crippen LogP contribution in [0.1, 0.15) is 24.2 Å². The summed E-state index contributed by atoms with van der Waals surface area (Å²) in [6, 6.07) is 6.90. The van der Waals surface area contributed by atoms with Crippen LogP contribution in [0.2, 0.25) is 0 Å². The molecule has 0 bridgehead atoms. The molecule has 7 heteroatoms. The standard InChI is InChI=1S/C14H18BrN3O2S/c1-4-16-13(14-12(15)9-17-18(14)2)10-5-7-11(8-6-10)21(3,19)20/h5-9,13,16H,4H2,1-3H3. The highest BCUT2D eigenvalue weighted by atomic mass is 79.9. The van der Waals surface area contributed by atoms with E-state index in [2.05, 4.69) is 26.3 Å². The maximum absolute atomic E-state index is 11.5. The van der Waals surface area contributed by atoms with Gasteiger partial charge in [-0.3, -0.25) is 4.68 Å². The minimum Gasteiger partial charge on any atom is -0.305 e. The van der Waals surface area contributed by atoms with Crippen molar-refractivity contribution in [2.45, 2.75) is 17.9 Å². The first kappa shape index (κ1) is 16.2. The first-order valence-corrected chi connectivity index (χ1v) is 9.23. The third-order valence-electron chi connectivity index (χ3n) is 3.26. The van der Waals surface area contributed by atoms with Gasteiger partial charge in [0.1, 0.15) is 0 Å². The van der Waals surface area contributed by atoms with Gasteiger partial charge in [0.25, 0.3) is 0 Å². The van der Waals surface area contributed by atoms with Gasteiger partial charge in [-0.1, -0.05) is 19.1 Å². The molecule has 1 aromatic carbocycles. The maximum atomic E-state index is 11.5. The van der Waals surface area contributed by atoms with E-state index in [1.807, 2.05) is 30.8 Å². The smallest absolute Gasteiger partial charge is 0.175 e. The van der Waals surface area contributed by atoms with Gasteiger partial charge in [0.2, 0.25) is 0 Å². The average molecular weight is 372 g/mol. The molecule has 0 saturated heterocycles. The molecule has 0 saturated carbocycles. The van der Waals surface area contributed by atoms with E-state index in [-0.39, 0.29) is 6.04 Å². The van der Waals surface area contributed by atoms with Crippen molar-refractivity contribution < 1.29 is 8.42 Å². The highest BCUT2D eigenvalue weighted by Crippen LogP contribution is 2.28. The van der Waals surface area contributed by atoms with Crippen LogP contribution < -0.4 is 5.32 Å². The largest absolute Gasteiger partial charge is 0.305 e. The fraction of sp³-hybridized carbons (Fsp3) is 0.357. The first-order chi connectivity index (χ1) is 9.84. The average Bonchev–Trinajstić information content (AvgIpc) is 2.75. The molecule has 0 aliphatic carbocycles. The third-order valence-corrected chi connectivity index (χ3v) is 5.00. The maximum Gasteiger partial charge on any atom is 0.175 e. The fourth-order valence-electron chi connectivity index (χ4n) is 2.23. The van der Waals surface area contributed by atoms with E-state index >= 15 is 0 Å². The predicted octanol–water partition coefficient (Wildman–Crippen LogP) is 2.29. The highest BCUT2D eigenvalue weighted by Gasteiger charge is 2.20. The summed E-state index contributed by atoms with van der Waals surface area (Å²) in [6.45, 7) is 2.82. The molecule has 1 N–H and O–H groups in total. The van der Waals surface area contributed by atoms with Crippen molar-refractivity contribution in [2.24, 2.45) is 7.05 Å². The monoisotopic (exact) mass is 371 g/mol. The molecule has 0 aliphatic heterocycles. The van der Waals surface area contributed by atoms with Gasteiger partial charge in [0.05, 0.1) is 27.3 Å². The zero-order valence-corrected chi connectivity index (χ0v) is 14.6. The Labute approximate surface area is 133 Å². The minimum absolute atomic E-state index is 0.0505. The molecule has 21 heavy (non-hydrogen) atoms. The van der Waals surface area contributed by atoms with Crippen LogP contribution in [-0.4, -0.2) is 31.0 Å². The van der Waals surface area contributed by atoms with Crippen LogP contribution in [0.15, 0.2) is 39.8 Å². The molecule has 0 amide bonds. The van der Waals surface area contributed by atoms with Crippen molar-refractivity contribution in [1.82, 2.24) is 15.1 Å². The fourth-order valence-corrected chi connectivity index (χ4v) is 3.44. The minimum atomic E-state index is -3.17. The molecule has 2 rings (SSSR count). The van der Waals surface area contributed by atoms with Gasteiger partial charge in [-0.05, 0) is 40.2 Å². The van der Waals surface area contributed by atoms with Gasteiger partial charge < -0.3 is 5.32 Å². The lowest BCUT2D eigenvalue weighted by atomic mass is 10.0. The lowest BCUT2D eigenvalue weighted by Crippen LogP contribution is -2.24. The zero-order valence-electron chi connectivity index (χ0n) is 12.2. The number of nitrogens with zero attached hydrogens (tertiary/aromatic N) is 2.